The number of halogens is 6. The van der Waals surface area contributed by atoms with Gasteiger partial charge in [0.1, 0.15) is 5.75 Å². The van der Waals surface area contributed by atoms with E-state index in [0.29, 0.717) is 0 Å². The number of Topliss-reactive ketones (excluding diaryl/α,β-unsaturated/α-hetero) is 1. The molecule has 0 radical (unpaired) electrons. The van der Waals surface area contributed by atoms with Gasteiger partial charge in [-0.2, -0.15) is 26.3 Å². The summed E-state index contributed by atoms with van der Waals surface area (Å²) in [6, 6.07) is 7.62. The molecule has 1 aromatic rings. The molecular weight excluding hydrogens is 370 g/mol. The molecule has 144 valence electrons. The van der Waals surface area contributed by atoms with Crippen LogP contribution in [-0.4, -0.2) is 37.1 Å². The highest BCUT2D eigenvalue weighted by Gasteiger charge is 2.53. The lowest BCUT2D eigenvalue weighted by Crippen LogP contribution is -2.43. The van der Waals surface area contributed by atoms with Crippen molar-refractivity contribution in [2.24, 2.45) is 0 Å². The lowest BCUT2D eigenvalue weighted by molar-refractivity contribution is -0.192. The minimum atomic E-state index is -5.50. The number of carbonyl (C=O) groups is 1. The molecule has 1 aromatic carbocycles. The van der Waals surface area contributed by atoms with Gasteiger partial charge in [0.25, 0.3) is 5.78 Å². The first-order chi connectivity index (χ1) is 12.0. The second kappa shape index (κ2) is 7.56. The van der Waals surface area contributed by atoms with Crippen LogP contribution in [0.25, 0.3) is 0 Å². The molecule has 0 amide bonds. The molecule has 0 N–H and O–H groups in total. The maximum absolute atomic E-state index is 13.3. The zero-order valence-electron chi connectivity index (χ0n) is 13.4. The van der Waals surface area contributed by atoms with Gasteiger partial charge in [-0.3, -0.25) is 4.79 Å². The van der Waals surface area contributed by atoms with Gasteiger partial charge in [-0.15, -0.1) is 0 Å². The maximum atomic E-state index is 13.3. The standard InChI is InChI=1S/C16H14F6O4/c1-2-24-10-8-11(25-9-6-4-3-5-7-9)26-14(16(20,21)22)12(10)13(23)15(17,18)19/h3-7,10-11H,2,8H2,1H3/t10-,11+/m1/s1. The van der Waals surface area contributed by atoms with Crippen molar-refractivity contribution in [2.45, 2.75) is 38.1 Å². The first kappa shape index (κ1) is 20.1. The normalized spacial score (nSPS) is 21.3. The number of carbonyl (C=O) groups excluding carboxylic acids is 1. The van der Waals surface area contributed by atoms with Crippen molar-refractivity contribution in [3.63, 3.8) is 0 Å². The molecule has 0 spiro atoms. The fraction of sp³-hybridized carbons (Fsp3) is 0.438. The van der Waals surface area contributed by atoms with E-state index in [9.17, 15) is 31.1 Å². The second-order valence-electron chi connectivity index (χ2n) is 5.23. The van der Waals surface area contributed by atoms with Crippen molar-refractivity contribution in [3.05, 3.63) is 41.7 Å². The van der Waals surface area contributed by atoms with Crippen LogP contribution in [0, 0.1) is 0 Å². The Kier molecular flexibility index (Phi) is 5.84. The number of benzene rings is 1. The SMILES string of the molecule is CCO[C@@H]1C[C@@H](Oc2ccccc2)OC(C(F)(F)F)=C1C(=O)C(F)(F)F. The molecular formula is C16H14F6O4. The lowest BCUT2D eigenvalue weighted by atomic mass is 9.97. The zero-order chi connectivity index (χ0) is 19.5. The minimum Gasteiger partial charge on any atom is -0.455 e. The number of allylic oxidation sites excluding steroid dienone is 1. The molecule has 0 fully saturated rings. The van der Waals surface area contributed by atoms with Crippen molar-refractivity contribution in [2.75, 3.05) is 6.61 Å². The van der Waals surface area contributed by atoms with Gasteiger partial charge in [0.05, 0.1) is 18.1 Å². The van der Waals surface area contributed by atoms with Crippen LogP contribution in [-0.2, 0) is 14.3 Å². The number of ketones is 1. The van der Waals surface area contributed by atoms with Crippen LogP contribution in [0.5, 0.6) is 5.75 Å². The maximum Gasteiger partial charge on any atom is 0.454 e. The fourth-order valence-corrected chi connectivity index (χ4v) is 2.38. The molecule has 0 saturated carbocycles. The second-order valence-corrected chi connectivity index (χ2v) is 5.23. The van der Waals surface area contributed by atoms with E-state index in [1.807, 2.05) is 0 Å². The lowest BCUT2D eigenvalue weighted by Gasteiger charge is -2.34. The van der Waals surface area contributed by atoms with E-state index < -0.39 is 48.3 Å². The predicted molar refractivity (Wildman–Crippen MR) is 76.1 cm³/mol. The molecule has 0 saturated heterocycles. The monoisotopic (exact) mass is 384 g/mol. The number of para-hydroxylation sites is 1. The van der Waals surface area contributed by atoms with Gasteiger partial charge >= 0.3 is 12.4 Å². The minimum absolute atomic E-state index is 0.153. The van der Waals surface area contributed by atoms with E-state index in [0.717, 1.165) is 0 Å². The molecule has 1 aliphatic heterocycles. The van der Waals surface area contributed by atoms with E-state index in [1.165, 1.54) is 19.1 Å². The topological polar surface area (TPSA) is 44.8 Å². The van der Waals surface area contributed by atoms with Gasteiger partial charge in [0.2, 0.25) is 12.0 Å². The highest BCUT2D eigenvalue weighted by Crippen LogP contribution is 2.40. The van der Waals surface area contributed by atoms with Gasteiger partial charge in [-0.25, -0.2) is 0 Å². The van der Waals surface area contributed by atoms with Gasteiger partial charge in [0.15, 0.2) is 0 Å². The summed E-state index contributed by atoms with van der Waals surface area (Å²) in [5.41, 5.74) is -1.60. The molecule has 1 aliphatic rings. The first-order valence-corrected chi connectivity index (χ1v) is 7.47. The average Bonchev–Trinajstić information content (AvgIpc) is 2.53. The Bertz CT molecular complexity index is 666. The molecule has 0 bridgehead atoms. The van der Waals surface area contributed by atoms with Crippen LogP contribution in [0.3, 0.4) is 0 Å². The Morgan fingerprint density at radius 2 is 1.77 bits per heavy atom. The van der Waals surface area contributed by atoms with Gasteiger partial charge in [0, 0.05) is 6.61 Å². The zero-order valence-corrected chi connectivity index (χ0v) is 13.4. The molecule has 10 heteroatoms. The predicted octanol–water partition coefficient (Wildman–Crippen LogP) is 4.16. The van der Waals surface area contributed by atoms with E-state index in [-0.39, 0.29) is 12.4 Å². The molecule has 26 heavy (non-hydrogen) atoms. The van der Waals surface area contributed by atoms with E-state index in [4.69, 9.17) is 9.47 Å². The quantitative estimate of drug-likeness (QED) is 0.715. The summed E-state index contributed by atoms with van der Waals surface area (Å²) in [6.45, 7) is 1.17. The third-order valence-corrected chi connectivity index (χ3v) is 3.36. The highest BCUT2D eigenvalue weighted by molar-refractivity contribution is 6.01. The van der Waals surface area contributed by atoms with Crippen LogP contribution in [0.1, 0.15) is 13.3 Å². The summed E-state index contributed by atoms with van der Waals surface area (Å²) >= 11 is 0. The van der Waals surface area contributed by atoms with Crippen LogP contribution in [0.15, 0.2) is 41.7 Å². The Labute approximate surface area is 144 Å². The Morgan fingerprint density at radius 1 is 1.15 bits per heavy atom. The van der Waals surface area contributed by atoms with Crippen LogP contribution < -0.4 is 4.74 Å². The van der Waals surface area contributed by atoms with Crippen molar-refractivity contribution >= 4 is 5.78 Å². The van der Waals surface area contributed by atoms with Crippen LogP contribution in [0.4, 0.5) is 26.3 Å². The molecule has 4 nitrogen and oxygen atoms in total. The first-order valence-electron chi connectivity index (χ1n) is 7.47. The molecule has 0 unspecified atom stereocenters. The third-order valence-electron chi connectivity index (χ3n) is 3.36. The Morgan fingerprint density at radius 3 is 2.27 bits per heavy atom. The fourth-order valence-electron chi connectivity index (χ4n) is 2.38. The molecule has 0 aliphatic carbocycles. The summed E-state index contributed by atoms with van der Waals surface area (Å²) in [6.07, 6.45) is -14.7. The number of hydrogen-bond donors (Lipinski definition) is 0. The van der Waals surface area contributed by atoms with Gasteiger partial charge in [-0.05, 0) is 19.1 Å². The number of ether oxygens (including phenoxy) is 3. The van der Waals surface area contributed by atoms with E-state index in [2.05, 4.69) is 4.74 Å². The van der Waals surface area contributed by atoms with Gasteiger partial charge in [-0.1, -0.05) is 18.2 Å². The summed E-state index contributed by atoms with van der Waals surface area (Å²) in [7, 11) is 0. The van der Waals surface area contributed by atoms with Crippen molar-refractivity contribution < 1.29 is 45.3 Å². The van der Waals surface area contributed by atoms with E-state index in [1.54, 1.807) is 18.2 Å². The largest absolute Gasteiger partial charge is 0.455 e. The van der Waals surface area contributed by atoms with Crippen molar-refractivity contribution in [1.29, 1.82) is 0 Å². The van der Waals surface area contributed by atoms with Crippen molar-refractivity contribution in [1.82, 2.24) is 0 Å². The molecule has 0 aromatic heterocycles. The molecule has 1 heterocycles. The summed E-state index contributed by atoms with van der Waals surface area (Å²) in [4.78, 5) is 11.5. The van der Waals surface area contributed by atoms with E-state index >= 15 is 0 Å². The summed E-state index contributed by atoms with van der Waals surface area (Å²) < 4.78 is 92.8. The highest BCUT2D eigenvalue weighted by atomic mass is 19.4. The smallest absolute Gasteiger partial charge is 0.454 e. The number of hydrogen-bond acceptors (Lipinski definition) is 4. The number of rotatable bonds is 5. The Balaban J connectivity index is 2.43. The van der Waals surface area contributed by atoms with Gasteiger partial charge < -0.3 is 14.2 Å². The molecule has 2 rings (SSSR count). The van der Waals surface area contributed by atoms with Crippen molar-refractivity contribution in [3.8, 4) is 5.75 Å². The van der Waals surface area contributed by atoms with Crippen LogP contribution in [0.2, 0.25) is 0 Å². The Hall–Kier alpha value is -2.23. The third kappa shape index (κ3) is 4.69. The summed E-state index contributed by atoms with van der Waals surface area (Å²) in [5.74, 6) is -4.55. The summed E-state index contributed by atoms with van der Waals surface area (Å²) in [5, 5.41) is 0. The number of alkyl halides is 6. The average molecular weight is 384 g/mol. The molecule has 2 atom stereocenters. The van der Waals surface area contributed by atoms with Crippen LogP contribution >= 0.6 is 0 Å².